The maximum absolute atomic E-state index is 13.0. The Morgan fingerprint density at radius 3 is 2.32 bits per heavy atom. The summed E-state index contributed by atoms with van der Waals surface area (Å²) in [6.07, 6.45) is 1.79. The first-order valence-corrected chi connectivity index (χ1v) is 11.2. The van der Waals surface area contributed by atoms with Crippen LogP contribution in [0.3, 0.4) is 0 Å². The van der Waals surface area contributed by atoms with Crippen molar-refractivity contribution in [2.75, 3.05) is 6.61 Å². The number of carbonyl (C=O) groups is 2. The molecule has 1 fully saturated rings. The van der Waals surface area contributed by atoms with Crippen LogP contribution in [0.25, 0.3) is 0 Å². The number of carbonyl (C=O) groups excluding carboxylic acids is 2. The van der Waals surface area contributed by atoms with Gasteiger partial charge in [-0.05, 0) is 63.5 Å². The summed E-state index contributed by atoms with van der Waals surface area (Å²) in [4.78, 5) is 24.8. The Morgan fingerprint density at radius 2 is 1.81 bits per heavy atom. The highest BCUT2D eigenvalue weighted by molar-refractivity contribution is 7.86. The second kappa shape index (κ2) is 6.57. The van der Waals surface area contributed by atoms with Gasteiger partial charge in [0.05, 0.1) is 22.0 Å². The number of hydrogen-bond acceptors (Lipinski definition) is 7. The summed E-state index contributed by atoms with van der Waals surface area (Å²) in [6.45, 7) is 4.72. The van der Waals surface area contributed by atoms with Gasteiger partial charge in [0, 0.05) is 11.0 Å². The molecule has 7 nitrogen and oxygen atoms in total. The minimum Gasteiger partial charge on any atom is -0.461 e. The highest BCUT2D eigenvalue weighted by Gasteiger charge is 2.66. The van der Waals surface area contributed by atoms with Gasteiger partial charge in [-0.15, -0.1) is 3.89 Å². The average Bonchev–Trinajstić information content (AvgIpc) is 3.47. The normalized spacial score (nSPS) is 31.5. The zero-order chi connectivity index (χ0) is 23.0. The summed E-state index contributed by atoms with van der Waals surface area (Å²) in [5.41, 5.74) is -1.75. The summed E-state index contributed by atoms with van der Waals surface area (Å²) in [5.74, 6) is -1.23. The van der Waals surface area contributed by atoms with E-state index in [1.165, 1.54) is 6.92 Å². The molecule has 9 heteroatoms. The number of esters is 1. The van der Waals surface area contributed by atoms with E-state index >= 15 is 0 Å². The van der Waals surface area contributed by atoms with Crippen LogP contribution >= 0.6 is 0 Å². The van der Waals surface area contributed by atoms with Gasteiger partial charge < -0.3 is 14.9 Å². The molecule has 1 aromatic carbocycles. The Balaban J connectivity index is 1.57. The first-order valence-electron chi connectivity index (χ1n) is 9.86. The Labute approximate surface area is 179 Å². The lowest BCUT2D eigenvalue weighted by Gasteiger charge is -2.39. The lowest BCUT2D eigenvalue weighted by Crippen LogP contribution is -2.50. The first kappa shape index (κ1) is 21.9. The van der Waals surface area contributed by atoms with Gasteiger partial charge >= 0.3 is 16.2 Å². The van der Waals surface area contributed by atoms with E-state index < -0.39 is 49.4 Å². The number of ether oxygens (including phenoxy) is 1. The summed E-state index contributed by atoms with van der Waals surface area (Å²) in [7, 11) is -4.87. The minimum atomic E-state index is -4.87. The van der Waals surface area contributed by atoms with Crippen LogP contribution in [0.15, 0.2) is 52.0 Å². The zero-order valence-electron chi connectivity index (χ0n) is 17.3. The zero-order valence-corrected chi connectivity index (χ0v) is 18.1. The van der Waals surface area contributed by atoms with Crippen LogP contribution in [0.2, 0.25) is 0 Å². The topological polar surface area (TPSA) is 118 Å². The molecule has 1 saturated carbocycles. The molecule has 0 aliphatic heterocycles. The molecule has 3 aliphatic carbocycles. The van der Waals surface area contributed by atoms with Gasteiger partial charge in [0.25, 0.3) is 0 Å². The van der Waals surface area contributed by atoms with E-state index in [9.17, 15) is 32.1 Å². The molecule has 3 aliphatic rings. The second-order valence-electron chi connectivity index (χ2n) is 9.03. The van der Waals surface area contributed by atoms with Gasteiger partial charge in [0.15, 0.2) is 5.78 Å². The molecule has 3 atom stereocenters. The quantitative estimate of drug-likeness (QED) is 0.534. The molecular formula is C22H23FO7S. The summed E-state index contributed by atoms with van der Waals surface area (Å²) >= 11 is 0. The van der Waals surface area contributed by atoms with E-state index in [2.05, 4.69) is 0 Å². The van der Waals surface area contributed by atoms with Crippen molar-refractivity contribution in [2.24, 2.45) is 10.8 Å². The van der Waals surface area contributed by atoms with Gasteiger partial charge in [-0.3, -0.25) is 4.79 Å². The largest absolute Gasteiger partial charge is 0.461 e. The number of fused-ring (bicyclic) bond motifs is 1. The third kappa shape index (κ3) is 3.09. The number of Topliss-reactive ketones (excluding diaryl/α,β-unsaturated/α-hetero) is 1. The average molecular weight is 450 g/mol. The van der Waals surface area contributed by atoms with Crippen LogP contribution in [0.5, 0.6) is 0 Å². The van der Waals surface area contributed by atoms with E-state index in [-0.39, 0.29) is 17.7 Å². The summed E-state index contributed by atoms with van der Waals surface area (Å²) < 4.78 is 40.1. The molecular weight excluding hydrogens is 427 g/mol. The Bertz CT molecular complexity index is 1160. The van der Waals surface area contributed by atoms with Crippen molar-refractivity contribution >= 4 is 22.0 Å². The highest BCUT2D eigenvalue weighted by Crippen LogP contribution is 2.65. The molecule has 1 spiro atoms. The van der Waals surface area contributed by atoms with Gasteiger partial charge in [0.2, 0.25) is 0 Å². The maximum Gasteiger partial charge on any atom is 0.338 e. The van der Waals surface area contributed by atoms with Crippen molar-refractivity contribution < 1.29 is 36.8 Å². The number of ketones is 1. The molecule has 4 rings (SSSR count). The lowest BCUT2D eigenvalue weighted by molar-refractivity contribution is -0.138. The molecule has 0 heterocycles. The molecule has 0 aromatic heterocycles. The number of aliphatic hydroxyl groups excluding tert-OH is 1. The van der Waals surface area contributed by atoms with Gasteiger partial charge in [-0.2, -0.15) is 8.42 Å². The summed E-state index contributed by atoms with van der Waals surface area (Å²) in [6, 6.07) is 4.17. The van der Waals surface area contributed by atoms with E-state index in [0.717, 1.165) is 29.8 Å². The first-order chi connectivity index (χ1) is 14.2. The molecule has 0 amide bonds. The molecule has 1 aromatic rings. The molecule has 166 valence electrons. The lowest BCUT2D eigenvalue weighted by atomic mass is 9.67. The molecule has 0 unspecified atom stereocenters. The SMILES string of the molecule is CC1=C2C(=C[C@](C)(COC(=O)c3ccc(S(=O)(=O)F)cc3)[C@@H]2O)C(=O)[C@](C)(O)C12CC2. The number of hydrogen-bond donors (Lipinski definition) is 2. The van der Waals surface area contributed by atoms with Crippen LogP contribution in [0.1, 0.15) is 44.0 Å². The van der Waals surface area contributed by atoms with Crippen LogP contribution in [-0.4, -0.2) is 48.7 Å². The van der Waals surface area contributed by atoms with Crippen molar-refractivity contribution in [3.63, 3.8) is 0 Å². The van der Waals surface area contributed by atoms with E-state index in [0.29, 0.717) is 18.4 Å². The fourth-order valence-corrected chi connectivity index (χ4v) is 5.29. The maximum atomic E-state index is 13.0. The fraction of sp³-hybridized carbons (Fsp3) is 0.455. The monoisotopic (exact) mass is 450 g/mol. The van der Waals surface area contributed by atoms with E-state index in [4.69, 9.17) is 4.74 Å². The predicted octanol–water partition coefficient (Wildman–Crippen LogP) is 2.24. The van der Waals surface area contributed by atoms with Crippen LogP contribution < -0.4 is 0 Å². The highest BCUT2D eigenvalue weighted by atomic mass is 32.3. The minimum absolute atomic E-state index is 0.0138. The third-order valence-corrected chi connectivity index (χ3v) is 7.87. The number of rotatable bonds is 4. The number of halogens is 1. The van der Waals surface area contributed by atoms with Crippen molar-refractivity contribution in [1.29, 1.82) is 0 Å². The number of benzene rings is 1. The smallest absolute Gasteiger partial charge is 0.338 e. The van der Waals surface area contributed by atoms with Crippen molar-refractivity contribution in [2.45, 2.75) is 50.2 Å². The van der Waals surface area contributed by atoms with E-state index in [1.54, 1.807) is 13.0 Å². The Kier molecular flexibility index (Phi) is 4.63. The standard InChI is InChI=1S/C22H23FO7S/c1-12-16-15(17(24)21(3,27)22(12)8-9-22)10-20(2,18(16)25)11-30-19(26)13-4-6-14(7-5-13)31(23,28)29/h4-7,10,18,25,27H,8-9,11H2,1-3H3/t18-,20-,21+/m1/s1. The Morgan fingerprint density at radius 1 is 1.23 bits per heavy atom. The van der Waals surface area contributed by atoms with Gasteiger partial charge in [0.1, 0.15) is 12.2 Å². The van der Waals surface area contributed by atoms with Crippen LogP contribution in [0.4, 0.5) is 3.89 Å². The second-order valence-corrected chi connectivity index (χ2v) is 10.4. The molecule has 0 saturated heterocycles. The van der Waals surface area contributed by atoms with Gasteiger partial charge in [-0.25, -0.2) is 4.79 Å². The van der Waals surface area contributed by atoms with Crippen molar-refractivity contribution in [3.8, 4) is 0 Å². The molecule has 0 radical (unpaired) electrons. The fourth-order valence-electron chi connectivity index (χ4n) is 4.83. The van der Waals surface area contributed by atoms with Crippen molar-refractivity contribution in [3.05, 3.63) is 52.6 Å². The third-order valence-electron chi connectivity index (χ3n) is 7.04. The summed E-state index contributed by atoms with van der Waals surface area (Å²) in [5, 5.41) is 21.9. The van der Waals surface area contributed by atoms with Crippen LogP contribution in [-0.2, 0) is 19.8 Å². The number of aliphatic hydroxyl groups is 2. The molecule has 0 bridgehead atoms. The van der Waals surface area contributed by atoms with Crippen LogP contribution in [0, 0.1) is 10.8 Å². The predicted molar refractivity (Wildman–Crippen MR) is 107 cm³/mol. The van der Waals surface area contributed by atoms with Gasteiger partial charge in [-0.1, -0.05) is 11.6 Å². The molecule has 31 heavy (non-hydrogen) atoms. The van der Waals surface area contributed by atoms with Crippen molar-refractivity contribution in [1.82, 2.24) is 0 Å². The van der Waals surface area contributed by atoms with E-state index in [1.807, 2.05) is 6.92 Å². The molecule has 2 N–H and O–H groups in total. The Hall–Kier alpha value is -2.36.